The summed E-state index contributed by atoms with van der Waals surface area (Å²) in [5.41, 5.74) is 1.94. The van der Waals surface area contributed by atoms with Gasteiger partial charge in [-0.25, -0.2) is 9.97 Å². The highest BCUT2D eigenvalue weighted by Gasteiger charge is 2.23. The number of carbonyl (C=O) groups is 1. The van der Waals surface area contributed by atoms with E-state index in [0.29, 0.717) is 32.1 Å². The van der Waals surface area contributed by atoms with Gasteiger partial charge in [-0.3, -0.25) is 4.79 Å². The van der Waals surface area contributed by atoms with Crippen molar-refractivity contribution >= 4 is 17.7 Å². The van der Waals surface area contributed by atoms with Crippen LogP contribution >= 0.6 is 11.8 Å². The van der Waals surface area contributed by atoms with Crippen LogP contribution in [0, 0.1) is 6.92 Å². The first kappa shape index (κ1) is 16.9. The minimum absolute atomic E-state index is 0.140. The van der Waals surface area contributed by atoms with Gasteiger partial charge < -0.3 is 9.64 Å². The zero-order valence-corrected chi connectivity index (χ0v) is 14.8. The van der Waals surface area contributed by atoms with Crippen molar-refractivity contribution in [1.82, 2.24) is 14.9 Å². The highest BCUT2D eigenvalue weighted by Crippen LogP contribution is 2.27. The summed E-state index contributed by atoms with van der Waals surface area (Å²) < 4.78 is 5.31. The van der Waals surface area contributed by atoms with Gasteiger partial charge in [-0.15, -0.1) is 0 Å². The van der Waals surface area contributed by atoms with E-state index < -0.39 is 0 Å². The zero-order valence-electron chi connectivity index (χ0n) is 13.9. The third kappa shape index (κ3) is 4.13. The molecule has 1 aliphatic rings. The second kappa shape index (κ2) is 7.77. The average Bonchev–Trinajstić information content (AvgIpc) is 2.62. The molecule has 1 aromatic heterocycles. The fourth-order valence-corrected chi connectivity index (χ4v) is 3.61. The molecule has 1 aliphatic heterocycles. The summed E-state index contributed by atoms with van der Waals surface area (Å²) in [6.45, 7) is 6.39. The van der Waals surface area contributed by atoms with Gasteiger partial charge in [0, 0.05) is 18.7 Å². The summed E-state index contributed by atoms with van der Waals surface area (Å²) in [5.74, 6) is 0.853. The molecule has 1 saturated heterocycles. The Morgan fingerprint density at radius 3 is 2.62 bits per heavy atom. The molecule has 24 heavy (non-hydrogen) atoms. The SMILES string of the molecule is Cc1nc(SC(C)C(=O)N2CCOCC2)cc(-c2ccccc2)n1. The quantitative estimate of drug-likeness (QED) is 0.631. The Morgan fingerprint density at radius 1 is 1.21 bits per heavy atom. The third-order valence-electron chi connectivity index (χ3n) is 3.85. The van der Waals surface area contributed by atoms with Crippen LogP contribution in [0.2, 0.25) is 0 Å². The molecule has 0 N–H and O–H groups in total. The van der Waals surface area contributed by atoms with Gasteiger partial charge in [0.25, 0.3) is 0 Å². The molecule has 0 saturated carbocycles. The van der Waals surface area contributed by atoms with Crippen molar-refractivity contribution < 1.29 is 9.53 Å². The van der Waals surface area contributed by atoms with Crippen LogP contribution in [0.15, 0.2) is 41.4 Å². The lowest BCUT2D eigenvalue weighted by molar-refractivity contribution is -0.134. The van der Waals surface area contributed by atoms with E-state index in [1.807, 2.05) is 55.1 Å². The van der Waals surface area contributed by atoms with Gasteiger partial charge in [0.05, 0.1) is 24.2 Å². The number of hydrogen-bond donors (Lipinski definition) is 0. The van der Waals surface area contributed by atoms with E-state index in [1.165, 1.54) is 11.8 Å². The Kier molecular flexibility index (Phi) is 5.48. The Morgan fingerprint density at radius 2 is 1.92 bits per heavy atom. The van der Waals surface area contributed by atoms with E-state index in [1.54, 1.807) is 0 Å². The van der Waals surface area contributed by atoms with Crippen LogP contribution in [-0.4, -0.2) is 52.3 Å². The number of aryl methyl sites for hydroxylation is 1. The number of nitrogens with zero attached hydrogens (tertiary/aromatic N) is 3. The van der Waals surface area contributed by atoms with E-state index in [2.05, 4.69) is 9.97 Å². The molecule has 5 nitrogen and oxygen atoms in total. The topological polar surface area (TPSA) is 55.3 Å². The van der Waals surface area contributed by atoms with E-state index in [-0.39, 0.29) is 11.2 Å². The Labute approximate surface area is 146 Å². The van der Waals surface area contributed by atoms with Gasteiger partial charge in [0.15, 0.2) is 0 Å². The molecule has 0 bridgehead atoms. The number of carbonyl (C=O) groups excluding carboxylic acids is 1. The number of ether oxygens (including phenoxy) is 1. The molecule has 6 heteroatoms. The first-order chi connectivity index (χ1) is 11.6. The Bertz CT molecular complexity index is 703. The number of hydrogen-bond acceptors (Lipinski definition) is 5. The van der Waals surface area contributed by atoms with E-state index in [9.17, 15) is 4.79 Å². The molecule has 3 rings (SSSR count). The Balaban J connectivity index is 1.74. The van der Waals surface area contributed by atoms with Crippen molar-refractivity contribution in [1.29, 1.82) is 0 Å². The lowest BCUT2D eigenvalue weighted by atomic mass is 10.1. The molecular weight excluding hydrogens is 322 g/mol. The summed E-state index contributed by atoms with van der Waals surface area (Å²) >= 11 is 1.49. The van der Waals surface area contributed by atoms with E-state index >= 15 is 0 Å². The molecule has 126 valence electrons. The summed E-state index contributed by atoms with van der Waals surface area (Å²) in [5, 5.41) is 0.650. The normalized spacial score (nSPS) is 16.0. The number of morpholine rings is 1. The maximum absolute atomic E-state index is 12.5. The van der Waals surface area contributed by atoms with E-state index in [4.69, 9.17) is 4.74 Å². The van der Waals surface area contributed by atoms with Crippen LogP contribution in [0.5, 0.6) is 0 Å². The largest absolute Gasteiger partial charge is 0.378 e. The van der Waals surface area contributed by atoms with Gasteiger partial charge >= 0.3 is 0 Å². The predicted octanol–water partition coefficient (Wildman–Crippen LogP) is 2.79. The monoisotopic (exact) mass is 343 g/mol. The summed E-state index contributed by atoms with van der Waals surface area (Å²) in [6, 6.07) is 12.0. The third-order valence-corrected chi connectivity index (χ3v) is 4.86. The minimum atomic E-state index is -0.180. The second-order valence-electron chi connectivity index (χ2n) is 5.70. The number of amides is 1. The molecule has 1 atom stereocenters. The predicted molar refractivity (Wildman–Crippen MR) is 94.9 cm³/mol. The second-order valence-corrected chi connectivity index (χ2v) is 7.06. The van der Waals surface area contributed by atoms with Crippen LogP contribution in [0.3, 0.4) is 0 Å². The number of benzene rings is 1. The van der Waals surface area contributed by atoms with Crippen molar-refractivity contribution in [2.75, 3.05) is 26.3 Å². The van der Waals surface area contributed by atoms with Gasteiger partial charge in [-0.1, -0.05) is 42.1 Å². The number of aromatic nitrogens is 2. The molecule has 1 unspecified atom stereocenters. The van der Waals surface area contributed by atoms with Gasteiger partial charge in [0.2, 0.25) is 5.91 Å². The van der Waals surface area contributed by atoms with Crippen LogP contribution in [0.25, 0.3) is 11.3 Å². The lowest BCUT2D eigenvalue weighted by Gasteiger charge is -2.29. The molecule has 2 aromatic rings. The van der Waals surface area contributed by atoms with Crippen LogP contribution in [0.4, 0.5) is 0 Å². The first-order valence-corrected chi connectivity index (χ1v) is 8.96. The lowest BCUT2D eigenvalue weighted by Crippen LogP contribution is -2.44. The standard InChI is InChI=1S/C18H21N3O2S/c1-13(18(22)21-8-10-23-11-9-21)24-17-12-16(19-14(2)20-17)15-6-4-3-5-7-15/h3-7,12-13H,8-11H2,1-2H3. The van der Waals surface area contributed by atoms with Crippen molar-refractivity contribution in [3.05, 3.63) is 42.2 Å². The average molecular weight is 343 g/mol. The summed E-state index contributed by atoms with van der Waals surface area (Å²) in [4.78, 5) is 23.4. The van der Waals surface area contributed by atoms with Crippen LogP contribution in [0.1, 0.15) is 12.7 Å². The molecule has 0 aliphatic carbocycles. The molecule has 1 aromatic carbocycles. The van der Waals surface area contributed by atoms with Gasteiger partial charge in [0.1, 0.15) is 10.9 Å². The van der Waals surface area contributed by atoms with Crippen LogP contribution in [-0.2, 0) is 9.53 Å². The van der Waals surface area contributed by atoms with Gasteiger partial charge in [-0.2, -0.15) is 0 Å². The number of thioether (sulfide) groups is 1. The molecule has 2 heterocycles. The highest BCUT2D eigenvalue weighted by molar-refractivity contribution is 8.00. The van der Waals surface area contributed by atoms with Gasteiger partial charge in [-0.05, 0) is 19.9 Å². The Hall–Kier alpha value is -1.92. The smallest absolute Gasteiger partial charge is 0.235 e. The summed E-state index contributed by atoms with van der Waals surface area (Å²) in [6.07, 6.45) is 0. The summed E-state index contributed by atoms with van der Waals surface area (Å²) in [7, 11) is 0. The maximum Gasteiger partial charge on any atom is 0.235 e. The molecule has 0 radical (unpaired) electrons. The molecule has 0 spiro atoms. The minimum Gasteiger partial charge on any atom is -0.378 e. The fourth-order valence-electron chi connectivity index (χ4n) is 2.63. The molecule has 1 amide bonds. The fraction of sp³-hybridized carbons (Fsp3) is 0.389. The van der Waals surface area contributed by atoms with Crippen LogP contribution < -0.4 is 0 Å². The van der Waals surface area contributed by atoms with Crippen molar-refractivity contribution in [2.24, 2.45) is 0 Å². The zero-order chi connectivity index (χ0) is 16.9. The molecule has 1 fully saturated rings. The first-order valence-electron chi connectivity index (χ1n) is 8.08. The van der Waals surface area contributed by atoms with Crippen molar-refractivity contribution in [3.8, 4) is 11.3 Å². The number of rotatable bonds is 4. The maximum atomic E-state index is 12.5. The highest BCUT2D eigenvalue weighted by atomic mass is 32.2. The van der Waals surface area contributed by atoms with E-state index in [0.717, 1.165) is 16.3 Å². The van der Waals surface area contributed by atoms with Crippen molar-refractivity contribution in [2.45, 2.75) is 24.1 Å². The van der Waals surface area contributed by atoms with Crippen molar-refractivity contribution in [3.63, 3.8) is 0 Å². The molecular formula is C18H21N3O2S.